The number of hydrogen-bond acceptors (Lipinski definition) is 6. The molecule has 0 spiro atoms. The molecule has 190 valence electrons. The van der Waals surface area contributed by atoms with E-state index >= 15 is 0 Å². The second kappa shape index (κ2) is 10.9. The highest BCUT2D eigenvalue weighted by Gasteiger charge is 2.29. The van der Waals surface area contributed by atoms with Gasteiger partial charge in [-0.2, -0.15) is 0 Å². The number of anilines is 1. The molecule has 0 amide bonds. The molecule has 0 saturated heterocycles. The highest BCUT2D eigenvalue weighted by Crippen LogP contribution is 2.39. The number of nitrogens with zero attached hydrogens (tertiary/aromatic N) is 4. The van der Waals surface area contributed by atoms with Gasteiger partial charge in [0.2, 0.25) is 0 Å². The molecule has 1 aliphatic carbocycles. The van der Waals surface area contributed by atoms with Crippen LogP contribution in [0.4, 0.5) is 5.82 Å². The molecular formula is C30H35N7. The van der Waals surface area contributed by atoms with Gasteiger partial charge in [0.1, 0.15) is 5.52 Å². The number of fused-ring (bicyclic) bond motifs is 1. The van der Waals surface area contributed by atoms with E-state index in [-0.39, 0.29) is 5.92 Å². The van der Waals surface area contributed by atoms with Crippen LogP contribution in [0.3, 0.4) is 0 Å². The normalized spacial score (nSPS) is 17.2. The van der Waals surface area contributed by atoms with Gasteiger partial charge in [-0.15, -0.1) is 0 Å². The Balaban J connectivity index is 1.46. The quantitative estimate of drug-likeness (QED) is 0.271. The first-order valence-corrected chi connectivity index (χ1v) is 13.0. The lowest BCUT2D eigenvalue weighted by atomic mass is 9.91. The van der Waals surface area contributed by atoms with Gasteiger partial charge in [-0.3, -0.25) is 0 Å². The van der Waals surface area contributed by atoms with Crippen molar-refractivity contribution in [2.75, 3.05) is 18.4 Å². The molecule has 4 N–H and O–H groups in total. The van der Waals surface area contributed by atoms with E-state index in [9.17, 15) is 0 Å². The highest BCUT2D eigenvalue weighted by molar-refractivity contribution is 5.84. The standard InChI is InChI=1S/C30H35N7/c1-4-32-21(3)24-15-16-25(17-24)37-19-34-27-29(35-28(20(2)31)36-30(27)37)33-18-26(22-11-7-5-8-12-22)23-13-9-6-10-14-23/h5-14,19,24-26,32H,2-4,15-18,31H2,1H3,(H,33,35,36). The Bertz CT molecular complexity index is 1340. The third-order valence-electron chi connectivity index (χ3n) is 7.28. The summed E-state index contributed by atoms with van der Waals surface area (Å²) < 4.78 is 2.18. The third kappa shape index (κ3) is 5.21. The van der Waals surface area contributed by atoms with Crippen LogP contribution in [-0.2, 0) is 0 Å². The number of hydrogen-bond donors (Lipinski definition) is 3. The van der Waals surface area contributed by atoms with Crippen molar-refractivity contribution in [3.63, 3.8) is 0 Å². The highest BCUT2D eigenvalue weighted by atomic mass is 15.2. The fourth-order valence-corrected chi connectivity index (χ4v) is 5.35. The topological polar surface area (TPSA) is 93.7 Å². The van der Waals surface area contributed by atoms with Gasteiger partial charge in [-0.05, 0) is 37.3 Å². The summed E-state index contributed by atoms with van der Waals surface area (Å²) in [5, 5.41) is 6.97. The van der Waals surface area contributed by atoms with Gasteiger partial charge in [0.15, 0.2) is 17.3 Å². The smallest absolute Gasteiger partial charge is 0.179 e. The predicted molar refractivity (Wildman–Crippen MR) is 151 cm³/mol. The maximum atomic E-state index is 6.08. The molecule has 2 atom stereocenters. The zero-order valence-corrected chi connectivity index (χ0v) is 21.4. The van der Waals surface area contributed by atoms with Crippen molar-refractivity contribution in [3.8, 4) is 0 Å². The van der Waals surface area contributed by atoms with Gasteiger partial charge >= 0.3 is 0 Å². The number of nitrogens with one attached hydrogen (secondary N) is 2. The van der Waals surface area contributed by atoms with Crippen LogP contribution in [0.15, 0.2) is 85.8 Å². The van der Waals surface area contributed by atoms with Gasteiger partial charge in [-0.25, -0.2) is 15.0 Å². The van der Waals surface area contributed by atoms with E-state index < -0.39 is 0 Å². The summed E-state index contributed by atoms with van der Waals surface area (Å²) in [6, 6.07) is 21.3. The average molecular weight is 494 g/mol. The van der Waals surface area contributed by atoms with Gasteiger partial charge in [0.25, 0.3) is 0 Å². The van der Waals surface area contributed by atoms with Crippen molar-refractivity contribution in [2.24, 2.45) is 11.7 Å². The molecule has 37 heavy (non-hydrogen) atoms. The van der Waals surface area contributed by atoms with Crippen LogP contribution in [0, 0.1) is 5.92 Å². The first-order valence-electron chi connectivity index (χ1n) is 13.0. The van der Waals surface area contributed by atoms with Crippen LogP contribution >= 0.6 is 0 Å². The van der Waals surface area contributed by atoms with Gasteiger partial charge in [0, 0.05) is 36.7 Å². The molecule has 0 aliphatic heterocycles. The average Bonchev–Trinajstić information content (AvgIpc) is 3.57. The zero-order valence-electron chi connectivity index (χ0n) is 21.4. The van der Waals surface area contributed by atoms with Gasteiger partial charge < -0.3 is 20.9 Å². The fraction of sp³-hybridized carbons (Fsp3) is 0.300. The first kappa shape index (κ1) is 24.6. The molecule has 0 bridgehead atoms. The molecule has 0 radical (unpaired) electrons. The second-order valence-electron chi connectivity index (χ2n) is 9.72. The molecule has 2 unspecified atom stereocenters. The molecule has 1 saturated carbocycles. The summed E-state index contributed by atoms with van der Waals surface area (Å²) in [6.45, 7) is 11.8. The summed E-state index contributed by atoms with van der Waals surface area (Å²) >= 11 is 0. The third-order valence-corrected chi connectivity index (χ3v) is 7.28. The van der Waals surface area contributed by atoms with Crippen molar-refractivity contribution in [2.45, 2.75) is 38.1 Å². The number of imidazole rings is 1. The van der Waals surface area contributed by atoms with E-state index in [1.165, 1.54) is 11.1 Å². The summed E-state index contributed by atoms with van der Waals surface area (Å²) in [5.74, 6) is 1.70. The lowest BCUT2D eigenvalue weighted by Crippen LogP contribution is -2.18. The van der Waals surface area contributed by atoms with Crippen molar-refractivity contribution in [1.82, 2.24) is 24.8 Å². The Morgan fingerprint density at radius 2 is 1.70 bits per heavy atom. The van der Waals surface area contributed by atoms with Crippen LogP contribution in [0.5, 0.6) is 0 Å². The molecule has 4 aromatic rings. The SMILES string of the molecule is C=C(N)c1nc(NCC(c2ccccc2)c2ccccc2)c2ncn(C3CCC(C(=C)NCC)C3)c2n1. The Labute approximate surface area is 218 Å². The molecule has 1 aliphatic rings. The first-order chi connectivity index (χ1) is 18.0. The molecule has 7 nitrogen and oxygen atoms in total. The molecule has 7 heteroatoms. The minimum absolute atomic E-state index is 0.145. The van der Waals surface area contributed by atoms with E-state index in [1.54, 1.807) is 0 Å². The van der Waals surface area contributed by atoms with E-state index in [4.69, 9.17) is 20.7 Å². The Kier molecular flexibility index (Phi) is 7.21. The molecule has 2 aromatic heterocycles. The molecule has 1 fully saturated rings. The molecule has 2 heterocycles. The van der Waals surface area contributed by atoms with Crippen LogP contribution in [0.2, 0.25) is 0 Å². The lowest BCUT2D eigenvalue weighted by Gasteiger charge is -2.20. The lowest BCUT2D eigenvalue weighted by molar-refractivity contribution is 0.500. The van der Waals surface area contributed by atoms with Gasteiger partial charge in [-0.1, -0.05) is 73.8 Å². The molecule has 5 rings (SSSR count). The Hall–Kier alpha value is -4.13. The van der Waals surface area contributed by atoms with E-state index in [0.29, 0.717) is 35.8 Å². The number of aromatic nitrogens is 4. The Morgan fingerprint density at radius 1 is 1.03 bits per heavy atom. The number of benzene rings is 2. The number of allylic oxidation sites excluding steroid dienone is 1. The fourth-order valence-electron chi connectivity index (χ4n) is 5.35. The van der Waals surface area contributed by atoms with Crippen LogP contribution in [0.1, 0.15) is 55.1 Å². The van der Waals surface area contributed by atoms with Crippen molar-refractivity contribution >= 4 is 22.7 Å². The maximum Gasteiger partial charge on any atom is 0.179 e. The monoisotopic (exact) mass is 493 g/mol. The largest absolute Gasteiger partial charge is 0.396 e. The van der Waals surface area contributed by atoms with Crippen LogP contribution < -0.4 is 16.4 Å². The maximum absolute atomic E-state index is 6.08. The minimum atomic E-state index is 0.145. The summed E-state index contributed by atoms with van der Waals surface area (Å²) in [5.41, 5.74) is 11.5. The summed E-state index contributed by atoms with van der Waals surface area (Å²) in [4.78, 5) is 14.3. The van der Waals surface area contributed by atoms with Crippen LogP contribution in [0.25, 0.3) is 16.9 Å². The van der Waals surface area contributed by atoms with Gasteiger partial charge in [0.05, 0.1) is 12.0 Å². The summed E-state index contributed by atoms with van der Waals surface area (Å²) in [7, 11) is 0. The minimum Gasteiger partial charge on any atom is -0.396 e. The predicted octanol–water partition coefficient (Wildman–Crippen LogP) is 5.46. The number of nitrogens with two attached hydrogens (primary N) is 1. The van der Waals surface area contributed by atoms with Crippen molar-refractivity contribution in [1.29, 1.82) is 0 Å². The summed E-state index contributed by atoms with van der Waals surface area (Å²) in [6.07, 6.45) is 5.05. The zero-order chi connectivity index (χ0) is 25.8. The number of rotatable bonds is 10. The Morgan fingerprint density at radius 3 is 2.32 bits per heavy atom. The molecule has 2 aromatic carbocycles. The van der Waals surface area contributed by atoms with Crippen LogP contribution in [-0.4, -0.2) is 32.6 Å². The molecular weight excluding hydrogens is 458 g/mol. The van der Waals surface area contributed by atoms with Crippen molar-refractivity contribution < 1.29 is 0 Å². The van der Waals surface area contributed by atoms with E-state index in [2.05, 4.69) is 83.8 Å². The van der Waals surface area contributed by atoms with E-state index in [0.717, 1.165) is 42.7 Å². The van der Waals surface area contributed by atoms with E-state index in [1.807, 2.05) is 18.5 Å². The van der Waals surface area contributed by atoms with Crippen molar-refractivity contribution in [3.05, 3.63) is 103 Å². The second-order valence-corrected chi connectivity index (χ2v) is 9.72.